The summed E-state index contributed by atoms with van der Waals surface area (Å²) in [7, 11) is 0. The minimum atomic E-state index is -0.392. The van der Waals surface area contributed by atoms with Crippen molar-refractivity contribution < 1.29 is 9.13 Å². The Kier molecular flexibility index (Phi) is 6.07. The van der Waals surface area contributed by atoms with Gasteiger partial charge in [-0.2, -0.15) is 0 Å². The van der Waals surface area contributed by atoms with E-state index in [1.54, 1.807) is 36.0 Å². The highest BCUT2D eigenvalue weighted by Gasteiger charge is 2.13. The largest absolute Gasteiger partial charge is 0.483 e. The zero-order chi connectivity index (χ0) is 18.4. The highest BCUT2D eigenvalue weighted by Crippen LogP contribution is 2.23. The molecule has 0 radical (unpaired) electrons. The van der Waals surface area contributed by atoms with E-state index in [4.69, 9.17) is 4.74 Å². The van der Waals surface area contributed by atoms with Gasteiger partial charge in [0.05, 0.1) is 0 Å². The number of hydrogen-bond donors (Lipinski definition) is 0. The molecule has 0 N–H and O–H groups in total. The third kappa shape index (κ3) is 4.52. The standard InChI is InChI=1S/C20H20FN3OS/c1-3-12-24-19(13-25-18-7-5-4-6-17(18)21)22-23-20(24)26-14-16-10-8-15(2)9-11-16/h3-11H,1,12-14H2,2H3. The summed E-state index contributed by atoms with van der Waals surface area (Å²) in [6, 6.07) is 14.7. The number of aromatic nitrogens is 3. The lowest BCUT2D eigenvalue weighted by Gasteiger charge is -2.09. The molecule has 0 fully saturated rings. The fourth-order valence-corrected chi connectivity index (χ4v) is 3.30. The van der Waals surface area contributed by atoms with E-state index in [0.29, 0.717) is 12.4 Å². The van der Waals surface area contributed by atoms with Crippen molar-refractivity contribution in [2.24, 2.45) is 0 Å². The van der Waals surface area contributed by atoms with E-state index in [1.807, 2.05) is 4.57 Å². The lowest BCUT2D eigenvalue weighted by atomic mass is 10.2. The molecule has 0 aliphatic carbocycles. The number of allylic oxidation sites excluding steroid dienone is 1. The molecule has 0 amide bonds. The van der Waals surface area contributed by atoms with Gasteiger partial charge in [0.25, 0.3) is 0 Å². The fraction of sp³-hybridized carbons (Fsp3) is 0.200. The van der Waals surface area contributed by atoms with Gasteiger partial charge in [0, 0.05) is 12.3 Å². The van der Waals surface area contributed by atoms with Crippen molar-refractivity contribution in [3.8, 4) is 5.75 Å². The summed E-state index contributed by atoms with van der Waals surface area (Å²) >= 11 is 1.60. The van der Waals surface area contributed by atoms with Crippen LogP contribution in [0.2, 0.25) is 0 Å². The molecule has 0 saturated carbocycles. The fourth-order valence-electron chi connectivity index (χ4n) is 2.38. The summed E-state index contributed by atoms with van der Waals surface area (Å²) in [4.78, 5) is 0. The van der Waals surface area contributed by atoms with Crippen LogP contribution in [0.5, 0.6) is 5.75 Å². The Labute approximate surface area is 156 Å². The SMILES string of the molecule is C=CCn1c(COc2ccccc2F)nnc1SCc1ccc(C)cc1. The Bertz CT molecular complexity index is 877. The van der Waals surface area contributed by atoms with Gasteiger partial charge in [0.2, 0.25) is 0 Å². The molecule has 26 heavy (non-hydrogen) atoms. The van der Waals surface area contributed by atoms with E-state index in [-0.39, 0.29) is 12.4 Å². The minimum absolute atomic E-state index is 0.146. The van der Waals surface area contributed by atoms with Crippen LogP contribution in [0.1, 0.15) is 17.0 Å². The van der Waals surface area contributed by atoms with Crippen molar-refractivity contribution in [2.45, 2.75) is 31.0 Å². The summed E-state index contributed by atoms with van der Waals surface area (Å²) < 4.78 is 21.2. The number of ether oxygens (including phenoxy) is 1. The number of rotatable bonds is 8. The number of aryl methyl sites for hydroxylation is 1. The lowest BCUT2D eigenvalue weighted by molar-refractivity contribution is 0.275. The Morgan fingerprint density at radius 1 is 1.15 bits per heavy atom. The van der Waals surface area contributed by atoms with Gasteiger partial charge in [-0.25, -0.2) is 4.39 Å². The average Bonchev–Trinajstić information content (AvgIpc) is 3.03. The van der Waals surface area contributed by atoms with E-state index < -0.39 is 5.82 Å². The van der Waals surface area contributed by atoms with Crippen molar-refractivity contribution in [3.63, 3.8) is 0 Å². The maximum Gasteiger partial charge on any atom is 0.191 e. The highest BCUT2D eigenvalue weighted by molar-refractivity contribution is 7.98. The molecule has 4 nitrogen and oxygen atoms in total. The topological polar surface area (TPSA) is 39.9 Å². The monoisotopic (exact) mass is 369 g/mol. The molecule has 134 valence electrons. The predicted molar refractivity (Wildman–Crippen MR) is 102 cm³/mol. The number of nitrogens with zero attached hydrogens (tertiary/aromatic N) is 3. The molecule has 0 aliphatic heterocycles. The molecule has 2 aromatic carbocycles. The van der Waals surface area contributed by atoms with Crippen molar-refractivity contribution in [3.05, 3.63) is 84.0 Å². The third-order valence-corrected chi connectivity index (χ3v) is 4.82. The molecule has 0 spiro atoms. The van der Waals surface area contributed by atoms with Crippen LogP contribution in [0.3, 0.4) is 0 Å². The van der Waals surface area contributed by atoms with E-state index in [0.717, 1.165) is 10.9 Å². The maximum atomic E-state index is 13.7. The Hall–Kier alpha value is -2.60. The molecule has 3 aromatic rings. The first-order valence-corrected chi connectivity index (χ1v) is 9.24. The highest BCUT2D eigenvalue weighted by atomic mass is 32.2. The number of halogens is 1. The van der Waals surface area contributed by atoms with Crippen molar-refractivity contribution in [2.75, 3.05) is 0 Å². The van der Waals surface area contributed by atoms with Gasteiger partial charge in [-0.1, -0.05) is 59.8 Å². The molecule has 0 unspecified atom stereocenters. The van der Waals surface area contributed by atoms with Gasteiger partial charge in [-0.15, -0.1) is 16.8 Å². The van der Waals surface area contributed by atoms with Crippen LogP contribution in [-0.4, -0.2) is 14.8 Å². The smallest absolute Gasteiger partial charge is 0.191 e. The number of benzene rings is 2. The van der Waals surface area contributed by atoms with Gasteiger partial charge in [-0.3, -0.25) is 4.57 Å². The Morgan fingerprint density at radius 2 is 1.92 bits per heavy atom. The lowest BCUT2D eigenvalue weighted by Crippen LogP contribution is -2.08. The molecule has 0 saturated heterocycles. The van der Waals surface area contributed by atoms with Crippen LogP contribution in [0, 0.1) is 12.7 Å². The summed E-state index contributed by atoms with van der Waals surface area (Å²) in [5.74, 6) is 1.24. The quantitative estimate of drug-likeness (QED) is 0.423. The Morgan fingerprint density at radius 3 is 2.65 bits per heavy atom. The van der Waals surface area contributed by atoms with Gasteiger partial charge >= 0.3 is 0 Å². The molecule has 3 rings (SSSR count). The molecule has 6 heteroatoms. The van der Waals surface area contributed by atoms with E-state index in [2.05, 4.69) is 48.0 Å². The summed E-state index contributed by atoms with van der Waals surface area (Å²) in [6.45, 7) is 6.57. The first-order chi connectivity index (χ1) is 12.7. The van der Waals surface area contributed by atoms with Gasteiger partial charge in [-0.05, 0) is 24.6 Å². The minimum Gasteiger partial charge on any atom is -0.483 e. The summed E-state index contributed by atoms with van der Waals surface area (Å²) in [5, 5.41) is 9.25. The van der Waals surface area contributed by atoms with Gasteiger partial charge in [0.1, 0.15) is 6.61 Å². The maximum absolute atomic E-state index is 13.7. The van der Waals surface area contributed by atoms with Gasteiger partial charge in [0.15, 0.2) is 22.5 Å². The second kappa shape index (κ2) is 8.67. The number of para-hydroxylation sites is 1. The zero-order valence-electron chi connectivity index (χ0n) is 14.6. The van der Waals surface area contributed by atoms with E-state index in [9.17, 15) is 4.39 Å². The van der Waals surface area contributed by atoms with Crippen LogP contribution in [0.15, 0.2) is 66.3 Å². The molecular formula is C20H20FN3OS. The van der Waals surface area contributed by atoms with Gasteiger partial charge < -0.3 is 4.74 Å². The van der Waals surface area contributed by atoms with Crippen LogP contribution in [0.25, 0.3) is 0 Å². The zero-order valence-corrected chi connectivity index (χ0v) is 15.4. The second-order valence-electron chi connectivity index (χ2n) is 5.79. The van der Waals surface area contributed by atoms with Crippen molar-refractivity contribution >= 4 is 11.8 Å². The first-order valence-electron chi connectivity index (χ1n) is 8.26. The van der Waals surface area contributed by atoms with Crippen LogP contribution in [0.4, 0.5) is 4.39 Å². The van der Waals surface area contributed by atoms with Crippen LogP contribution >= 0.6 is 11.8 Å². The van der Waals surface area contributed by atoms with Crippen molar-refractivity contribution in [1.82, 2.24) is 14.8 Å². The summed E-state index contributed by atoms with van der Waals surface area (Å²) in [5.41, 5.74) is 2.46. The average molecular weight is 369 g/mol. The van der Waals surface area contributed by atoms with Crippen LogP contribution < -0.4 is 4.74 Å². The number of hydrogen-bond acceptors (Lipinski definition) is 4. The molecule has 1 heterocycles. The Balaban J connectivity index is 1.70. The predicted octanol–water partition coefficient (Wildman–Crippen LogP) is 4.78. The van der Waals surface area contributed by atoms with Crippen molar-refractivity contribution in [1.29, 1.82) is 0 Å². The molecule has 0 atom stereocenters. The summed E-state index contributed by atoms with van der Waals surface area (Å²) in [6.07, 6.45) is 1.78. The first kappa shape index (κ1) is 18.2. The van der Waals surface area contributed by atoms with E-state index >= 15 is 0 Å². The molecule has 1 aromatic heterocycles. The molecular weight excluding hydrogens is 349 g/mol. The number of thioether (sulfide) groups is 1. The molecule has 0 bridgehead atoms. The normalized spacial score (nSPS) is 10.7. The second-order valence-corrected chi connectivity index (χ2v) is 6.73. The van der Waals surface area contributed by atoms with E-state index in [1.165, 1.54) is 17.2 Å². The van der Waals surface area contributed by atoms with Crippen LogP contribution in [-0.2, 0) is 18.9 Å². The molecule has 0 aliphatic rings. The third-order valence-electron chi connectivity index (χ3n) is 3.79.